The van der Waals surface area contributed by atoms with Gasteiger partial charge in [-0.05, 0) is 37.3 Å². The zero-order valence-electron chi connectivity index (χ0n) is 14.1. The van der Waals surface area contributed by atoms with Gasteiger partial charge in [-0.25, -0.2) is 23.1 Å². The third kappa shape index (κ3) is 4.38. The van der Waals surface area contributed by atoms with Gasteiger partial charge in [-0.2, -0.15) is 0 Å². The van der Waals surface area contributed by atoms with Gasteiger partial charge in [0.25, 0.3) is 5.91 Å². The normalized spacial score (nSPS) is 10.5. The summed E-state index contributed by atoms with van der Waals surface area (Å²) in [5, 5.41) is 5.11. The predicted molar refractivity (Wildman–Crippen MR) is 91.8 cm³/mol. The summed E-state index contributed by atoms with van der Waals surface area (Å²) in [6, 6.07) is 8.54. The number of amides is 1. The number of hydrogen-bond donors (Lipinski definition) is 2. The van der Waals surface area contributed by atoms with Crippen molar-refractivity contribution >= 4 is 17.5 Å². The van der Waals surface area contributed by atoms with Gasteiger partial charge in [0.15, 0.2) is 17.5 Å². The highest BCUT2D eigenvalue weighted by Gasteiger charge is 2.16. The highest BCUT2D eigenvalue weighted by Crippen LogP contribution is 2.22. The molecule has 1 aromatic carbocycles. The van der Waals surface area contributed by atoms with Gasteiger partial charge in [-0.3, -0.25) is 9.78 Å². The second-order valence-electron chi connectivity index (χ2n) is 5.57. The van der Waals surface area contributed by atoms with E-state index in [-0.39, 0.29) is 23.9 Å². The summed E-state index contributed by atoms with van der Waals surface area (Å²) in [5.74, 6) is -4.93. The van der Waals surface area contributed by atoms with Crippen LogP contribution in [0.5, 0.6) is 0 Å². The lowest BCUT2D eigenvalue weighted by molar-refractivity contribution is 0.0945. The van der Waals surface area contributed by atoms with Crippen LogP contribution in [0.15, 0.2) is 42.6 Å². The number of nitrogens with zero attached hydrogens (tertiary/aromatic N) is 3. The first-order valence-corrected chi connectivity index (χ1v) is 7.88. The first-order chi connectivity index (χ1) is 12.9. The largest absolute Gasteiger partial charge is 0.345 e. The molecule has 2 aromatic heterocycles. The standard InChI is InChI=1S/C18H14F3N5O/c1-10-8-14(17(27)23-9-11-4-2-3-7-22-11)26-18(24-10)25-13-6-5-12(19)15(20)16(13)21/h2-8H,9H2,1H3,(H,23,27)(H,24,25,26). The summed E-state index contributed by atoms with van der Waals surface area (Å²) >= 11 is 0. The lowest BCUT2D eigenvalue weighted by Crippen LogP contribution is -2.25. The minimum Gasteiger partial charge on any atom is -0.345 e. The molecule has 2 N–H and O–H groups in total. The Hall–Kier alpha value is -3.49. The van der Waals surface area contributed by atoms with E-state index in [4.69, 9.17) is 0 Å². The van der Waals surface area contributed by atoms with Crippen LogP contribution in [0.3, 0.4) is 0 Å². The molecule has 0 aliphatic heterocycles. The van der Waals surface area contributed by atoms with E-state index in [2.05, 4.69) is 25.6 Å². The quantitative estimate of drug-likeness (QED) is 0.671. The predicted octanol–water partition coefficient (Wildman–Crippen LogP) is 3.27. The Kier molecular flexibility index (Phi) is 5.30. The van der Waals surface area contributed by atoms with Gasteiger partial charge in [-0.15, -0.1) is 0 Å². The Labute approximate surface area is 152 Å². The van der Waals surface area contributed by atoms with Crippen LogP contribution in [-0.4, -0.2) is 20.9 Å². The van der Waals surface area contributed by atoms with E-state index in [1.54, 1.807) is 31.3 Å². The number of aryl methyl sites for hydroxylation is 1. The molecule has 1 amide bonds. The summed E-state index contributed by atoms with van der Waals surface area (Å²) in [7, 11) is 0. The maximum atomic E-state index is 13.8. The van der Waals surface area contributed by atoms with Crippen molar-refractivity contribution in [2.75, 3.05) is 5.32 Å². The van der Waals surface area contributed by atoms with Gasteiger partial charge in [0.2, 0.25) is 5.95 Å². The third-order valence-corrected chi connectivity index (χ3v) is 3.52. The minimum absolute atomic E-state index is 0.0314. The number of aromatic nitrogens is 3. The molecule has 3 rings (SSSR count). The zero-order valence-corrected chi connectivity index (χ0v) is 14.1. The van der Waals surface area contributed by atoms with Crippen molar-refractivity contribution in [2.45, 2.75) is 13.5 Å². The number of rotatable bonds is 5. The van der Waals surface area contributed by atoms with Crippen LogP contribution in [0.4, 0.5) is 24.8 Å². The van der Waals surface area contributed by atoms with Gasteiger partial charge in [0, 0.05) is 11.9 Å². The maximum Gasteiger partial charge on any atom is 0.270 e. The summed E-state index contributed by atoms with van der Waals surface area (Å²) in [5.41, 5.74) is 0.778. The van der Waals surface area contributed by atoms with E-state index >= 15 is 0 Å². The smallest absolute Gasteiger partial charge is 0.270 e. The summed E-state index contributed by atoms with van der Waals surface area (Å²) in [4.78, 5) is 24.4. The Balaban J connectivity index is 1.78. The summed E-state index contributed by atoms with van der Waals surface area (Å²) in [6.45, 7) is 1.81. The van der Waals surface area contributed by atoms with E-state index in [1.165, 1.54) is 6.07 Å². The minimum atomic E-state index is -1.61. The van der Waals surface area contributed by atoms with Crippen LogP contribution in [0.2, 0.25) is 0 Å². The summed E-state index contributed by atoms with van der Waals surface area (Å²) in [6.07, 6.45) is 1.61. The zero-order chi connectivity index (χ0) is 19.4. The molecule has 0 fully saturated rings. The van der Waals surface area contributed by atoms with Crippen molar-refractivity contribution in [2.24, 2.45) is 0 Å². The van der Waals surface area contributed by atoms with E-state index in [0.717, 1.165) is 12.1 Å². The Morgan fingerprint density at radius 2 is 1.89 bits per heavy atom. The molecule has 0 bridgehead atoms. The van der Waals surface area contributed by atoms with Gasteiger partial charge < -0.3 is 10.6 Å². The van der Waals surface area contributed by atoms with Gasteiger partial charge in [-0.1, -0.05) is 6.07 Å². The molecule has 0 spiro atoms. The molecule has 0 saturated carbocycles. The highest BCUT2D eigenvalue weighted by atomic mass is 19.2. The number of hydrogen-bond acceptors (Lipinski definition) is 5. The van der Waals surface area contributed by atoms with Crippen molar-refractivity contribution in [1.29, 1.82) is 0 Å². The van der Waals surface area contributed by atoms with Crippen LogP contribution in [0, 0.1) is 24.4 Å². The average molecular weight is 373 g/mol. The summed E-state index contributed by atoms with van der Waals surface area (Å²) < 4.78 is 40.2. The van der Waals surface area contributed by atoms with Crippen LogP contribution in [0.25, 0.3) is 0 Å². The number of carbonyl (C=O) groups excluding carboxylic acids is 1. The van der Waals surface area contributed by atoms with Crippen molar-refractivity contribution in [3.05, 3.63) is 77.1 Å². The molecule has 0 unspecified atom stereocenters. The molecule has 0 radical (unpaired) electrons. The Bertz CT molecular complexity index is 982. The van der Waals surface area contributed by atoms with E-state index < -0.39 is 23.4 Å². The molecule has 9 heteroatoms. The van der Waals surface area contributed by atoms with Crippen molar-refractivity contribution in [3.8, 4) is 0 Å². The molecule has 0 aliphatic rings. The second-order valence-corrected chi connectivity index (χ2v) is 5.57. The number of carbonyl (C=O) groups is 1. The molecule has 0 saturated heterocycles. The number of nitrogens with one attached hydrogen (secondary N) is 2. The van der Waals surface area contributed by atoms with Crippen molar-refractivity contribution in [1.82, 2.24) is 20.3 Å². The SMILES string of the molecule is Cc1cc(C(=O)NCc2ccccn2)nc(Nc2ccc(F)c(F)c2F)n1. The van der Waals surface area contributed by atoms with E-state index in [0.29, 0.717) is 11.4 Å². The molecule has 138 valence electrons. The Morgan fingerprint density at radius 1 is 1.07 bits per heavy atom. The number of pyridine rings is 1. The van der Waals surface area contributed by atoms with Crippen LogP contribution < -0.4 is 10.6 Å². The molecular formula is C18H14F3N5O. The van der Waals surface area contributed by atoms with Crippen LogP contribution in [0.1, 0.15) is 21.9 Å². The molecule has 0 atom stereocenters. The van der Waals surface area contributed by atoms with E-state index in [1.807, 2.05) is 0 Å². The fourth-order valence-electron chi connectivity index (χ4n) is 2.25. The van der Waals surface area contributed by atoms with Gasteiger partial charge >= 0.3 is 0 Å². The highest BCUT2D eigenvalue weighted by molar-refractivity contribution is 5.92. The molecule has 3 aromatic rings. The van der Waals surface area contributed by atoms with Crippen LogP contribution >= 0.6 is 0 Å². The molecule has 0 aliphatic carbocycles. The number of benzene rings is 1. The molecular weight excluding hydrogens is 359 g/mol. The molecule has 6 nitrogen and oxygen atoms in total. The van der Waals surface area contributed by atoms with E-state index in [9.17, 15) is 18.0 Å². The number of anilines is 2. The first-order valence-electron chi connectivity index (χ1n) is 7.88. The van der Waals surface area contributed by atoms with Gasteiger partial charge in [0.05, 0.1) is 17.9 Å². The first kappa shape index (κ1) is 18.3. The van der Waals surface area contributed by atoms with Gasteiger partial charge in [0.1, 0.15) is 5.69 Å². The molecule has 27 heavy (non-hydrogen) atoms. The average Bonchev–Trinajstić information content (AvgIpc) is 2.67. The fraction of sp³-hybridized carbons (Fsp3) is 0.111. The number of halogens is 3. The maximum absolute atomic E-state index is 13.8. The van der Waals surface area contributed by atoms with Crippen LogP contribution in [-0.2, 0) is 6.54 Å². The Morgan fingerprint density at radius 3 is 2.63 bits per heavy atom. The lowest BCUT2D eigenvalue weighted by Gasteiger charge is -2.10. The molecule has 2 heterocycles. The van der Waals surface area contributed by atoms with Crippen molar-refractivity contribution in [3.63, 3.8) is 0 Å². The second kappa shape index (κ2) is 7.81. The lowest BCUT2D eigenvalue weighted by atomic mass is 10.2. The topological polar surface area (TPSA) is 79.8 Å². The van der Waals surface area contributed by atoms with Crippen molar-refractivity contribution < 1.29 is 18.0 Å². The fourth-order valence-corrected chi connectivity index (χ4v) is 2.25. The third-order valence-electron chi connectivity index (χ3n) is 3.52. The monoisotopic (exact) mass is 373 g/mol.